The molecule has 3 rings (SSSR count). The van der Waals surface area contributed by atoms with Gasteiger partial charge in [-0.25, -0.2) is 0 Å². The average molecular weight is 411 g/mol. The van der Waals surface area contributed by atoms with E-state index in [0.29, 0.717) is 6.54 Å². The molecule has 1 atom stereocenters. The Morgan fingerprint density at radius 3 is 2.57 bits per heavy atom. The van der Waals surface area contributed by atoms with Crippen molar-refractivity contribution in [2.75, 3.05) is 7.11 Å². The normalized spacial score (nSPS) is 12.3. The van der Waals surface area contributed by atoms with Gasteiger partial charge in [0.05, 0.1) is 25.0 Å². The SMILES string of the molecule is COC(=O)CC(c1oc(C)cc(=O)c1O)c1cc2ccccc2n(CC(C)C)c1=O. The quantitative estimate of drug-likeness (QED) is 0.625. The third kappa shape index (κ3) is 4.15. The summed E-state index contributed by atoms with van der Waals surface area (Å²) in [5.41, 5.74) is 0.0854. The third-order valence-electron chi connectivity index (χ3n) is 4.94. The Morgan fingerprint density at radius 1 is 1.20 bits per heavy atom. The van der Waals surface area contributed by atoms with Crippen molar-refractivity contribution in [2.24, 2.45) is 5.92 Å². The molecule has 158 valence electrons. The molecular formula is C23H25NO6. The fourth-order valence-corrected chi connectivity index (χ4v) is 3.60. The van der Waals surface area contributed by atoms with Gasteiger partial charge in [0.25, 0.3) is 5.56 Å². The Hall–Kier alpha value is -3.35. The lowest BCUT2D eigenvalue weighted by atomic mass is 9.91. The van der Waals surface area contributed by atoms with Crippen LogP contribution in [0.4, 0.5) is 0 Å². The molecule has 1 unspecified atom stereocenters. The first-order valence-corrected chi connectivity index (χ1v) is 9.75. The minimum atomic E-state index is -0.972. The van der Waals surface area contributed by atoms with Gasteiger partial charge in [-0.3, -0.25) is 14.4 Å². The number of aromatic hydroxyl groups is 1. The molecule has 0 bridgehead atoms. The van der Waals surface area contributed by atoms with Crippen LogP contribution >= 0.6 is 0 Å². The highest BCUT2D eigenvalue weighted by Crippen LogP contribution is 2.33. The van der Waals surface area contributed by atoms with Crippen LogP contribution in [0.15, 0.2) is 50.4 Å². The Morgan fingerprint density at radius 2 is 1.90 bits per heavy atom. The number of methoxy groups -OCH3 is 1. The average Bonchev–Trinajstić information content (AvgIpc) is 2.70. The molecule has 2 aromatic heterocycles. The monoisotopic (exact) mass is 411 g/mol. The van der Waals surface area contributed by atoms with Crippen molar-refractivity contribution in [3.8, 4) is 5.75 Å². The number of para-hydroxylation sites is 1. The molecule has 7 nitrogen and oxygen atoms in total. The summed E-state index contributed by atoms with van der Waals surface area (Å²) in [5.74, 6) is -1.82. The van der Waals surface area contributed by atoms with Crippen molar-refractivity contribution >= 4 is 16.9 Å². The Bertz CT molecular complexity index is 1200. The molecule has 1 aromatic carbocycles. The number of nitrogens with zero attached hydrogens (tertiary/aromatic N) is 1. The molecule has 0 aliphatic heterocycles. The lowest BCUT2D eigenvalue weighted by Gasteiger charge is -2.20. The number of hydrogen-bond acceptors (Lipinski definition) is 6. The number of aryl methyl sites for hydroxylation is 1. The summed E-state index contributed by atoms with van der Waals surface area (Å²) in [7, 11) is 1.24. The van der Waals surface area contributed by atoms with Crippen LogP contribution in [0, 0.1) is 12.8 Å². The first-order chi connectivity index (χ1) is 14.2. The van der Waals surface area contributed by atoms with Gasteiger partial charge < -0.3 is 18.8 Å². The summed E-state index contributed by atoms with van der Waals surface area (Å²) in [5, 5.41) is 11.2. The lowest BCUT2D eigenvalue weighted by molar-refractivity contribution is -0.140. The van der Waals surface area contributed by atoms with E-state index in [2.05, 4.69) is 0 Å². The van der Waals surface area contributed by atoms with Crippen LogP contribution in [-0.4, -0.2) is 22.8 Å². The smallest absolute Gasteiger partial charge is 0.306 e. The van der Waals surface area contributed by atoms with Crippen molar-refractivity contribution in [1.29, 1.82) is 0 Å². The maximum Gasteiger partial charge on any atom is 0.306 e. The van der Waals surface area contributed by atoms with Gasteiger partial charge in [-0.15, -0.1) is 0 Å². The first-order valence-electron chi connectivity index (χ1n) is 9.75. The lowest BCUT2D eigenvalue weighted by Crippen LogP contribution is -2.29. The molecule has 0 radical (unpaired) electrons. The van der Waals surface area contributed by atoms with Gasteiger partial charge in [0.1, 0.15) is 5.76 Å². The highest BCUT2D eigenvalue weighted by molar-refractivity contribution is 5.80. The second-order valence-corrected chi connectivity index (χ2v) is 7.74. The molecule has 0 saturated carbocycles. The molecule has 0 fully saturated rings. The maximum atomic E-state index is 13.5. The molecule has 0 saturated heterocycles. The second-order valence-electron chi connectivity index (χ2n) is 7.74. The van der Waals surface area contributed by atoms with Crippen LogP contribution < -0.4 is 11.0 Å². The zero-order valence-corrected chi connectivity index (χ0v) is 17.5. The number of rotatable bonds is 6. The Kier molecular flexibility index (Phi) is 6.10. The van der Waals surface area contributed by atoms with Crippen LogP contribution in [0.1, 0.15) is 43.3 Å². The first kappa shape index (κ1) is 21.4. The molecule has 0 amide bonds. The van der Waals surface area contributed by atoms with Gasteiger partial charge in [-0.2, -0.15) is 0 Å². The van der Waals surface area contributed by atoms with E-state index in [1.54, 1.807) is 17.6 Å². The largest absolute Gasteiger partial charge is 0.502 e. The van der Waals surface area contributed by atoms with E-state index in [0.717, 1.165) is 17.0 Å². The molecule has 3 aromatic rings. The van der Waals surface area contributed by atoms with Crippen molar-refractivity contribution in [3.05, 3.63) is 74.1 Å². The highest BCUT2D eigenvalue weighted by Gasteiger charge is 2.29. The van der Waals surface area contributed by atoms with Gasteiger partial charge >= 0.3 is 5.97 Å². The molecule has 1 N–H and O–H groups in total. The zero-order chi connectivity index (χ0) is 22.0. The minimum Gasteiger partial charge on any atom is -0.502 e. The Labute approximate surface area is 173 Å². The van der Waals surface area contributed by atoms with Gasteiger partial charge in [-0.1, -0.05) is 32.0 Å². The van der Waals surface area contributed by atoms with Crippen molar-refractivity contribution in [3.63, 3.8) is 0 Å². The Balaban J connectivity index is 2.34. The number of carbonyl (C=O) groups excluding carboxylic acids is 1. The van der Waals surface area contributed by atoms with E-state index in [1.165, 1.54) is 7.11 Å². The summed E-state index contributed by atoms with van der Waals surface area (Å²) in [6.07, 6.45) is -0.258. The summed E-state index contributed by atoms with van der Waals surface area (Å²) >= 11 is 0. The number of aromatic nitrogens is 1. The molecule has 0 aliphatic carbocycles. The number of pyridine rings is 1. The van der Waals surface area contributed by atoms with Gasteiger partial charge in [0.15, 0.2) is 5.76 Å². The number of fused-ring (bicyclic) bond motifs is 1. The van der Waals surface area contributed by atoms with E-state index in [4.69, 9.17) is 9.15 Å². The van der Waals surface area contributed by atoms with Crippen molar-refractivity contribution in [2.45, 2.75) is 39.7 Å². The number of benzene rings is 1. The standard InChI is InChI=1S/C23H25NO6/c1-13(2)12-24-18-8-6-5-7-15(18)10-17(23(24)28)16(11-20(26)29-4)22-21(27)19(25)9-14(3)30-22/h5-10,13,16,27H,11-12H2,1-4H3. The van der Waals surface area contributed by atoms with Crippen molar-refractivity contribution < 1.29 is 19.1 Å². The number of hydrogen-bond donors (Lipinski definition) is 1. The summed E-state index contributed by atoms with van der Waals surface area (Å²) in [6, 6.07) is 10.3. The molecule has 30 heavy (non-hydrogen) atoms. The van der Waals surface area contributed by atoms with Crippen LogP contribution in [0.5, 0.6) is 5.75 Å². The number of carbonyl (C=O) groups is 1. The van der Waals surface area contributed by atoms with Gasteiger partial charge in [0.2, 0.25) is 11.2 Å². The fraction of sp³-hybridized carbons (Fsp3) is 0.348. The maximum absolute atomic E-state index is 13.5. The number of ether oxygens (including phenoxy) is 1. The van der Waals surface area contributed by atoms with Gasteiger partial charge in [0, 0.05) is 18.2 Å². The molecule has 7 heteroatoms. The van der Waals surface area contributed by atoms with Crippen molar-refractivity contribution in [1.82, 2.24) is 4.57 Å². The predicted molar refractivity (Wildman–Crippen MR) is 113 cm³/mol. The third-order valence-corrected chi connectivity index (χ3v) is 4.94. The molecular weight excluding hydrogens is 386 g/mol. The molecule has 0 aliphatic rings. The number of esters is 1. The molecule has 2 heterocycles. The minimum absolute atomic E-state index is 0.117. The predicted octanol–water partition coefficient (Wildman–Crippen LogP) is 3.32. The second kappa shape index (κ2) is 8.57. The van der Waals surface area contributed by atoms with Gasteiger partial charge in [-0.05, 0) is 30.4 Å². The highest BCUT2D eigenvalue weighted by atomic mass is 16.5. The zero-order valence-electron chi connectivity index (χ0n) is 17.5. The summed E-state index contributed by atoms with van der Waals surface area (Å²) < 4.78 is 12.1. The fourth-order valence-electron chi connectivity index (χ4n) is 3.60. The van der Waals surface area contributed by atoms with Crippen LogP contribution in [0.3, 0.4) is 0 Å². The van der Waals surface area contributed by atoms with E-state index in [9.17, 15) is 19.5 Å². The summed E-state index contributed by atoms with van der Waals surface area (Å²) in [4.78, 5) is 37.8. The van der Waals surface area contributed by atoms with E-state index in [-0.39, 0.29) is 35.0 Å². The van der Waals surface area contributed by atoms with E-state index >= 15 is 0 Å². The van der Waals surface area contributed by atoms with Crippen LogP contribution in [0.2, 0.25) is 0 Å². The van der Waals surface area contributed by atoms with E-state index < -0.39 is 23.1 Å². The topological polar surface area (TPSA) is 98.7 Å². The van der Waals surface area contributed by atoms with E-state index in [1.807, 2.05) is 38.1 Å². The summed E-state index contributed by atoms with van der Waals surface area (Å²) in [6.45, 7) is 6.05. The molecule has 0 spiro atoms. The van der Waals surface area contributed by atoms with Crippen LogP contribution in [0.25, 0.3) is 10.9 Å². The van der Waals surface area contributed by atoms with Crippen LogP contribution in [-0.2, 0) is 16.1 Å².